The van der Waals surface area contributed by atoms with Gasteiger partial charge < -0.3 is 5.32 Å². The Labute approximate surface area is 143 Å². The van der Waals surface area contributed by atoms with Crippen molar-refractivity contribution in [2.75, 3.05) is 11.1 Å². The number of alkyl halides is 3. The van der Waals surface area contributed by atoms with Gasteiger partial charge >= 0.3 is 6.18 Å². The maximum atomic E-state index is 13.0. The van der Waals surface area contributed by atoms with E-state index in [0.29, 0.717) is 23.5 Å². The van der Waals surface area contributed by atoms with Gasteiger partial charge in [0.15, 0.2) is 0 Å². The zero-order chi connectivity index (χ0) is 18.6. The normalized spacial score (nSPS) is 11.4. The molecule has 0 radical (unpaired) electrons. The van der Waals surface area contributed by atoms with E-state index in [2.05, 4.69) is 20.5 Å². The molecule has 0 fully saturated rings. The summed E-state index contributed by atoms with van der Waals surface area (Å²) in [5, 5.41) is 19.5. The molecule has 0 aliphatic carbocycles. The third-order valence-electron chi connectivity index (χ3n) is 2.97. The number of aromatic nitrogens is 3. The third kappa shape index (κ3) is 4.92. The Balaban J connectivity index is 2.10. The average Bonchev–Trinajstić information content (AvgIpc) is 3.00. The van der Waals surface area contributed by atoms with Crippen molar-refractivity contribution in [2.45, 2.75) is 24.7 Å². The van der Waals surface area contributed by atoms with E-state index in [9.17, 15) is 28.1 Å². The second kappa shape index (κ2) is 7.51. The van der Waals surface area contributed by atoms with Crippen LogP contribution in [0.3, 0.4) is 0 Å². The first kappa shape index (κ1) is 18.7. The summed E-state index contributed by atoms with van der Waals surface area (Å²) in [6.07, 6.45) is -4.22. The molecular formula is C13H12F3N5O3S. The number of carbonyl (C=O) groups is 1. The smallest absolute Gasteiger partial charge is 0.325 e. The van der Waals surface area contributed by atoms with E-state index in [1.807, 2.05) is 6.92 Å². The fraction of sp³-hybridized carbons (Fsp3) is 0.308. The van der Waals surface area contributed by atoms with Crippen molar-refractivity contribution < 1.29 is 22.9 Å². The Morgan fingerprint density at radius 1 is 1.44 bits per heavy atom. The number of carbonyl (C=O) groups excluding carboxylic acids is 1. The molecule has 2 N–H and O–H groups in total. The second-order valence-electron chi connectivity index (χ2n) is 4.74. The minimum absolute atomic E-state index is 0.213. The largest absolute Gasteiger partial charge is 0.418 e. The lowest BCUT2D eigenvalue weighted by molar-refractivity contribution is -0.385. The van der Waals surface area contributed by atoms with E-state index < -0.39 is 33.9 Å². The Morgan fingerprint density at radius 2 is 2.16 bits per heavy atom. The highest BCUT2D eigenvalue weighted by Crippen LogP contribution is 2.37. The SMILES string of the molecule is CCc1nc(SCC(=O)Nc2ccc([N+](=O)[O-])cc2C(F)(F)F)n[nH]1. The number of nitro benzene ring substituents is 1. The van der Waals surface area contributed by atoms with Gasteiger partial charge in [0.25, 0.3) is 5.69 Å². The van der Waals surface area contributed by atoms with Crippen LogP contribution in [0.2, 0.25) is 0 Å². The number of non-ortho nitro benzene ring substituents is 1. The molecule has 12 heteroatoms. The van der Waals surface area contributed by atoms with Crippen LogP contribution in [0.1, 0.15) is 18.3 Å². The highest BCUT2D eigenvalue weighted by atomic mass is 32.2. The van der Waals surface area contributed by atoms with Gasteiger partial charge in [0.1, 0.15) is 5.82 Å². The molecule has 134 valence electrons. The van der Waals surface area contributed by atoms with Crippen LogP contribution in [0.4, 0.5) is 24.5 Å². The number of anilines is 1. The lowest BCUT2D eigenvalue weighted by Crippen LogP contribution is -2.18. The van der Waals surface area contributed by atoms with Crippen LogP contribution in [0.15, 0.2) is 23.4 Å². The Morgan fingerprint density at radius 3 is 2.72 bits per heavy atom. The Hall–Kier alpha value is -2.63. The van der Waals surface area contributed by atoms with Crippen molar-refractivity contribution in [3.63, 3.8) is 0 Å². The lowest BCUT2D eigenvalue weighted by atomic mass is 10.1. The Kier molecular flexibility index (Phi) is 5.62. The zero-order valence-electron chi connectivity index (χ0n) is 12.8. The number of benzene rings is 1. The van der Waals surface area contributed by atoms with Gasteiger partial charge in [-0.1, -0.05) is 18.7 Å². The van der Waals surface area contributed by atoms with Gasteiger partial charge in [0, 0.05) is 18.6 Å². The number of nitro groups is 1. The minimum atomic E-state index is -4.85. The van der Waals surface area contributed by atoms with E-state index in [1.54, 1.807) is 0 Å². The molecule has 0 saturated carbocycles. The molecule has 0 aliphatic heterocycles. The first-order chi connectivity index (χ1) is 11.7. The maximum Gasteiger partial charge on any atom is 0.418 e. The van der Waals surface area contributed by atoms with Crippen LogP contribution in [0.25, 0.3) is 0 Å². The molecule has 2 aromatic rings. The molecule has 1 heterocycles. The highest BCUT2D eigenvalue weighted by molar-refractivity contribution is 7.99. The standard InChI is InChI=1S/C13H12F3N5O3S/c1-2-10-18-12(20-19-10)25-6-11(22)17-9-4-3-7(21(23)24)5-8(9)13(14,15)16/h3-5H,2,6H2,1H3,(H,17,22)(H,18,19,20). The van der Waals surface area contributed by atoms with Crippen LogP contribution >= 0.6 is 11.8 Å². The molecule has 1 aromatic heterocycles. The molecule has 2 rings (SSSR count). The number of hydrogen-bond donors (Lipinski definition) is 2. The number of rotatable bonds is 6. The van der Waals surface area contributed by atoms with Crippen molar-refractivity contribution in [3.8, 4) is 0 Å². The van der Waals surface area contributed by atoms with Gasteiger partial charge in [0.2, 0.25) is 11.1 Å². The summed E-state index contributed by atoms with van der Waals surface area (Å²) < 4.78 is 39.1. The summed E-state index contributed by atoms with van der Waals surface area (Å²) in [6, 6.07) is 2.12. The number of nitrogens with one attached hydrogen (secondary N) is 2. The van der Waals surface area contributed by atoms with Crippen LogP contribution in [-0.2, 0) is 17.4 Å². The van der Waals surface area contributed by atoms with Gasteiger partial charge in [-0.2, -0.15) is 13.2 Å². The van der Waals surface area contributed by atoms with Crippen LogP contribution in [0, 0.1) is 10.1 Å². The molecule has 0 aliphatic rings. The van der Waals surface area contributed by atoms with E-state index >= 15 is 0 Å². The molecule has 0 saturated heterocycles. The molecular weight excluding hydrogens is 363 g/mol. The number of thioether (sulfide) groups is 1. The maximum absolute atomic E-state index is 13.0. The van der Waals surface area contributed by atoms with Crippen molar-refractivity contribution in [1.29, 1.82) is 0 Å². The van der Waals surface area contributed by atoms with Crippen LogP contribution in [-0.4, -0.2) is 31.8 Å². The van der Waals surface area contributed by atoms with Gasteiger partial charge in [-0.05, 0) is 6.07 Å². The van der Waals surface area contributed by atoms with E-state index in [4.69, 9.17) is 0 Å². The summed E-state index contributed by atoms with van der Waals surface area (Å²) in [6.45, 7) is 1.86. The number of hydrogen-bond acceptors (Lipinski definition) is 6. The third-order valence-corrected chi connectivity index (χ3v) is 3.82. The topological polar surface area (TPSA) is 114 Å². The highest BCUT2D eigenvalue weighted by Gasteiger charge is 2.35. The number of H-pyrrole nitrogens is 1. The number of amides is 1. The summed E-state index contributed by atoms with van der Waals surface area (Å²) in [5.74, 6) is -0.306. The van der Waals surface area contributed by atoms with E-state index in [0.717, 1.165) is 23.9 Å². The molecule has 1 aromatic carbocycles. The van der Waals surface area contributed by atoms with Crippen LogP contribution < -0.4 is 5.32 Å². The van der Waals surface area contributed by atoms with Crippen molar-refractivity contribution in [2.24, 2.45) is 0 Å². The minimum Gasteiger partial charge on any atom is -0.325 e. The molecule has 0 atom stereocenters. The molecule has 0 unspecified atom stereocenters. The predicted octanol–water partition coefficient (Wildman–Crippen LogP) is 3.02. The van der Waals surface area contributed by atoms with Crippen LogP contribution in [0.5, 0.6) is 0 Å². The van der Waals surface area contributed by atoms with E-state index in [-0.39, 0.29) is 5.75 Å². The summed E-state index contributed by atoms with van der Waals surface area (Å²) in [4.78, 5) is 25.6. The lowest BCUT2D eigenvalue weighted by Gasteiger charge is -2.13. The monoisotopic (exact) mass is 375 g/mol. The summed E-state index contributed by atoms with van der Waals surface area (Å²) in [7, 11) is 0. The van der Waals surface area contributed by atoms with Gasteiger partial charge in [0.05, 0.1) is 21.9 Å². The number of aromatic amines is 1. The molecule has 0 spiro atoms. The first-order valence-electron chi connectivity index (χ1n) is 6.90. The van der Waals surface area contributed by atoms with Gasteiger partial charge in [-0.25, -0.2) is 4.98 Å². The number of halogens is 3. The van der Waals surface area contributed by atoms with E-state index in [1.165, 1.54) is 0 Å². The molecule has 0 bridgehead atoms. The molecule has 25 heavy (non-hydrogen) atoms. The second-order valence-corrected chi connectivity index (χ2v) is 5.68. The number of aryl methyl sites for hydroxylation is 1. The average molecular weight is 375 g/mol. The first-order valence-corrected chi connectivity index (χ1v) is 7.88. The van der Waals surface area contributed by atoms with Gasteiger partial charge in [-0.3, -0.25) is 20.0 Å². The predicted molar refractivity (Wildman–Crippen MR) is 83.2 cm³/mol. The fourth-order valence-electron chi connectivity index (χ4n) is 1.81. The number of nitrogens with zero attached hydrogens (tertiary/aromatic N) is 3. The van der Waals surface area contributed by atoms with Gasteiger partial charge in [-0.15, -0.1) is 5.10 Å². The quantitative estimate of drug-likeness (QED) is 0.456. The van der Waals surface area contributed by atoms with Crippen molar-refractivity contribution >= 4 is 29.0 Å². The molecule has 1 amide bonds. The zero-order valence-corrected chi connectivity index (χ0v) is 13.6. The summed E-state index contributed by atoms with van der Waals surface area (Å²) in [5.41, 5.74) is -2.55. The van der Waals surface area contributed by atoms with Crippen molar-refractivity contribution in [3.05, 3.63) is 39.7 Å². The Bertz CT molecular complexity index is 793. The fourth-order valence-corrected chi connectivity index (χ4v) is 2.42. The van der Waals surface area contributed by atoms with Crippen molar-refractivity contribution in [1.82, 2.24) is 15.2 Å². The summed E-state index contributed by atoms with van der Waals surface area (Å²) >= 11 is 0.950. The molecule has 8 nitrogen and oxygen atoms in total.